The summed E-state index contributed by atoms with van der Waals surface area (Å²) in [5, 5.41) is 0. The number of hydrogen-bond donors (Lipinski definition) is 0. The molecule has 0 saturated carbocycles. The highest BCUT2D eigenvalue weighted by Crippen LogP contribution is 2.40. The van der Waals surface area contributed by atoms with Gasteiger partial charge in [-0.2, -0.15) is 13.2 Å². The summed E-state index contributed by atoms with van der Waals surface area (Å²) in [5.74, 6) is -2.59. The van der Waals surface area contributed by atoms with Crippen LogP contribution in [0.5, 0.6) is 0 Å². The molecule has 0 amide bonds. The second-order valence-corrected chi connectivity index (χ2v) is 8.18. The maximum absolute atomic E-state index is 13.4. The SMILES string of the molecule is CCCCCCCCC(CC(F)(F)F)C(OC(C)C)(OC(C)C)OC(C)C. The molecule has 0 aliphatic rings. The lowest BCUT2D eigenvalue weighted by molar-refractivity contribution is -0.437. The van der Waals surface area contributed by atoms with Crippen molar-refractivity contribution in [3.63, 3.8) is 0 Å². The predicted octanol–water partition coefficient (Wildman–Crippen LogP) is 7.23. The molecule has 1 atom stereocenters. The number of alkyl halides is 3. The Morgan fingerprint density at radius 3 is 1.44 bits per heavy atom. The lowest BCUT2D eigenvalue weighted by Crippen LogP contribution is -2.52. The van der Waals surface area contributed by atoms with Crippen LogP contribution in [0.15, 0.2) is 0 Å². The first kappa shape index (κ1) is 26.7. The molecule has 0 radical (unpaired) electrons. The molecule has 164 valence electrons. The topological polar surface area (TPSA) is 27.7 Å². The Morgan fingerprint density at radius 2 is 1.07 bits per heavy atom. The molecule has 0 saturated heterocycles. The molecule has 0 aromatic carbocycles. The zero-order chi connectivity index (χ0) is 21.1. The Morgan fingerprint density at radius 1 is 0.667 bits per heavy atom. The Kier molecular flexibility index (Phi) is 12.8. The molecule has 0 rings (SSSR count). The number of rotatable bonds is 15. The summed E-state index contributed by atoms with van der Waals surface area (Å²) >= 11 is 0. The van der Waals surface area contributed by atoms with E-state index in [4.69, 9.17) is 14.2 Å². The minimum Gasteiger partial charge on any atom is -0.324 e. The van der Waals surface area contributed by atoms with Gasteiger partial charge < -0.3 is 14.2 Å². The van der Waals surface area contributed by atoms with Gasteiger partial charge in [0.05, 0.1) is 24.7 Å². The van der Waals surface area contributed by atoms with Crippen molar-refractivity contribution in [2.45, 2.75) is 130 Å². The molecule has 0 aliphatic carbocycles. The lowest BCUT2D eigenvalue weighted by atomic mass is 9.93. The van der Waals surface area contributed by atoms with E-state index in [2.05, 4.69) is 6.92 Å². The van der Waals surface area contributed by atoms with Gasteiger partial charge in [0.15, 0.2) is 0 Å². The van der Waals surface area contributed by atoms with E-state index in [0.29, 0.717) is 12.8 Å². The highest BCUT2D eigenvalue weighted by Gasteiger charge is 2.49. The summed E-state index contributed by atoms with van der Waals surface area (Å²) in [7, 11) is 0. The molecule has 0 fully saturated rings. The first-order valence-corrected chi connectivity index (χ1v) is 10.5. The van der Waals surface area contributed by atoms with Gasteiger partial charge in [0.2, 0.25) is 0 Å². The maximum Gasteiger partial charge on any atom is 0.389 e. The smallest absolute Gasteiger partial charge is 0.324 e. The fourth-order valence-corrected chi connectivity index (χ4v) is 3.21. The van der Waals surface area contributed by atoms with Crippen LogP contribution in [-0.2, 0) is 14.2 Å². The van der Waals surface area contributed by atoms with Crippen LogP contribution < -0.4 is 0 Å². The molecular formula is C21H41F3O3. The van der Waals surface area contributed by atoms with E-state index in [1.54, 1.807) is 41.5 Å². The fraction of sp³-hybridized carbons (Fsp3) is 1.00. The van der Waals surface area contributed by atoms with Crippen LogP contribution in [0.4, 0.5) is 13.2 Å². The first-order valence-electron chi connectivity index (χ1n) is 10.5. The van der Waals surface area contributed by atoms with Gasteiger partial charge in [-0.1, -0.05) is 45.4 Å². The molecule has 0 aliphatic heterocycles. The third kappa shape index (κ3) is 12.7. The van der Waals surface area contributed by atoms with Gasteiger partial charge in [-0.05, 0) is 48.0 Å². The summed E-state index contributed by atoms with van der Waals surface area (Å²) in [6, 6.07) is 0. The van der Waals surface area contributed by atoms with Crippen molar-refractivity contribution >= 4 is 0 Å². The summed E-state index contributed by atoms with van der Waals surface area (Å²) in [6.45, 7) is 12.9. The highest BCUT2D eigenvalue weighted by molar-refractivity contribution is 4.78. The molecule has 0 aromatic heterocycles. The lowest BCUT2D eigenvalue weighted by Gasteiger charge is -2.43. The van der Waals surface area contributed by atoms with E-state index < -0.39 is 24.5 Å². The molecule has 0 aromatic rings. The van der Waals surface area contributed by atoms with E-state index in [1.807, 2.05) is 0 Å². The molecule has 0 N–H and O–H groups in total. The van der Waals surface area contributed by atoms with Crippen molar-refractivity contribution < 1.29 is 27.4 Å². The van der Waals surface area contributed by atoms with Gasteiger partial charge in [0, 0.05) is 5.92 Å². The molecule has 0 spiro atoms. The van der Waals surface area contributed by atoms with E-state index in [9.17, 15) is 13.2 Å². The molecule has 1 unspecified atom stereocenters. The minimum atomic E-state index is -4.31. The minimum absolute atomic E-state index is 0.317. The average molecular weight is 399 g/mol. The van der Waals surface area contributed by atoms with Gasteiger partial charge in [-0.25, -0.2) is 0 Å². The molecule has 0 heterocycles. The standard InChI is InChI=1S/C21H41F3O3/c1-8-9-10-11-12-13-14-19(15-20(22,23)24)21(25-16(2)3,26-17(4)5)27-18(6)7/h16-19H,8-15H2,1-7H3. The number of ether oxygens (including phenoxy) is 3. The number of unbranched alkanes of at least 4 members (excludes halogenated alkanes) is 5. The van der Waals surface area contributed by atoms with Crippen LogP contribution in [0.2, 0.25) is 0 Å². The highest BCUT2D eigenvalue weighted by atomic mass is 19.4. The molecule has 0 bridgehead atoms. The van der Waals surface area contributed by atoms with E-state index in [-0.39, 0.29) is 18.3 Å². The summed E-state index contributed by atoms with van der Waals surface area (Å²) < 4.78 is 57.8. The van der Waals surface area contributed by atoms with Crippen molar-refractivity contribution in [1.82, 2.24) is 0 Å². The van der Waals surface area contributed by atoms with E-state index >= 15 is 0 Å². The molecule has 27 heavy (non-hydrogen) atoms. The van der Waals surface area contributed by atoms with Crippen LogP contribution >= 0.6 is 0 Å². The quantitative estimate of drug-likeness (QED) is 0.215. The third-order valence-corrected chi connectivity index (χ3v) is 4.08. The number of halogens is 3. The predicted molar refractivity (Wildman–Crippen MR) is 104 cm³/mol. The van der Waals surface area contributed by atoms with E-state index in [0.717, 1.165) is 25.7 Å². The van der Waals surface area contributed by atoms with Crippen molar-refractivity contribution in [1.29, 1.82) is 0 Å². The Balaban J connectivity index is 5.44. The van der Waals surface area contributed by atoms with Crippen molar-refractivity contribution in [2.24, 2.45) is 5.92 Å². The monoisotopic (exact) mass is 398 g/mol. The Labute approximate surface area is 164 Å². The fourth-order valence-electron chi connectivity index (χ4n) is 3.21. The normalized spacial score (nSPS) is 14.6. The van der Waals surface area contributed by atoms with Crippen molar-refractivity contribution in [3.8, 4) is 0 Å². The van der Waals surface area contributed by atoms with Crippen molar-refractivity contribution in [3.05, 3.63) is 0 Å². The van der Waals surface area contributed by atoms with Gasteiger partial charge in [0.25, 0.3) is 5.97 Å². The molecular weight excluding hydrogens is 357 g/mol. The molecule has 3 nitrogen and oxygen atoms in total. The van der Waals surface area contributed by atoms with E-state index in [1.165, 1.54) is 6.42 Å². The average Bonchev–Trinajstić information content (AvgIpc) is 2.46. The van der Waals surface area contributed by atoms with Crippen LogP contribution in [0.25, 0.3) is 0 Å². The van der Waals surface area contributed by atoms with Crippen LogP contribution in [0.3, 0.4) is 0 Å². The van der Waals surface area contributed by atoms with Gasteiger partial charge in [-0.3, -0.25) is 0 Å². The Hall–Kier alpha value is -0.330. The van der Waals surface area contributed by atoms with Gasteiger partial charge in [0.1, 0.15) is 0 Å². The van der Waals surface area contributed by atoms with Crippen molar-refractivity contribution in [2.75, 3.05) is 0 Å². The van der Waals surface area contributed by atoms with Gasteiger partial charge >= 0.3 is 6.18 Å². The zero-order valence-electron chi connectivity index (χ0n) is 18.3. The summed E-state index contributed by atoms with van der Waals surface area (Å²) in [4.78, 5) is 0. The summed E-state index contributed by atoms with van der Waals surface area (Å²) in [5.41, 5.74) is 0. The Bertz CT molecular complexity index is 342. The number of hydrogen-bond acceptors (Lipinski definition) is 3. The van der Waals surface area contributed by atoms with Gasteiger partial charge in [-0.15, -0.1) is 0 Å². The second kappa shape index (κ2) is 13.0. The zero-order valence-corrected chi connectivity index (χ0v) is 18.3. The van der Waals surface area contributed by atoms with Crippen LogP contribution in [0, 0.1) is 5.92 Å². The maximum atomic E-state index is 13.4. The second-order valence-electron chi connectivity index (χ2n) is 8.18. The largest absolute Gasteiger partial charge is 0.389 e. The third-order valence-electron chi connectivity index (χ3n) is 4.08. The molecule has 6 heteroatoms. The first-order chi connectivity index (χ1) is 12.4. The summed E-state index contributed by atoms with van der Waals surface area (Å²) in [6.07, 6.45) is 0.219. The van der Waals surface area contributed by atoms with Crippen LogP contribution in [-0.4, -0.2) is 30.5 Å². The van der Waals surface area contributed by atoms with Crippen LogP contribution in [0.1, 0.15) is 99.8 Å².